The van der Waals surface area contributed by atoms with Gasteiger partial charge in [0, 0.05) is 17.6 Å². The molecule has 0 radical (unpaired) electrons. The summed E-state index contributed by atoms with van der Waals surface area (Å²) < 4.78 is 6.90. The van der Waals surface area contributed by atoms with Gasteiger partial charge >= 0.3 is 5.63 Å². The summed E-state index contributed by atoms with van der Waals surface area (Å²) in [7, 11) is 0. The van der Waals surface area contributed by atoms with Gasteiger partial charge in [-0.2, -0.15) is 5.10 Å². The quantitative estimate of drug-likeness (QED) is 0.754. The molecular formula is C16H15N3O3. The lowest BCUT2D eigenvalue weighted by Gasteiger charge is -2.03. The molecule has 3 rings (SSSR count). The van der Waals surface area contributed by atoms with E-state index in [2.05, 4.69) is 10.4 Å². The van der Waals surface area contributed by atoms with Gasteiger partial charge < -0.3 is 9.73 Å². The Balaban J connectivity index is 1.93. The summed E-state index contributed by atoms with van der Waals surface area (Å²) in [5, 5.41) is 7.49. The number of aryl methyl sites for hydroxylation is 2. The number of carbonyl (C=O) groups excluding carboxylic acids is 1. The van der Waals surface area contributed by atoms with Crippen molar-refractivity contribution in [1.82, 2.24) is 9.78 Å². The van der Waals surface area contributed by atoms with Gasteiger partial charge in [0.15, 0.2) is 5.69 Å². The average molecular weight is 297 g/mol. The minimum absolute atomic E-state index is 0.104. The van der Waals surface area contributed by atoms with E-state index in [1.807, 2.05) is 26.0 Å². The number of hydrogen-bond acceptors (Lipinski definition) is 4. The van der Waals surface area contributed by atoms with E-state index in [0.717, 1.165) is 11.1 Å². The molecule has 1 aromatic carbocycles. The SMILES string of the molecule is CCn1nc(C(=O)Nc2cc3ccccc3oc2=O)cc1C. The molecule has 2 heterocycles. The summed E-state index contributed by atoms with van der Waals surface area (Å²) in [4.78, 5) is 24.1. The molecule has 0 aliphatic heterocycles. The van der Waals surface area contributed by atoms with Crippen LogP contribution in [0.3, 0.4) is 0 Å². The summed E-state index contributed by atoms with van der Waals surface area (Å²) in [6.45, 7) is 4.49. The molecule has 6 heteroatoms. The van der Waals surface area contributed by atoms with Crippen LogP contribution in [0.15, 0.2) is 45.6 Å². The van der Waals surface area contributed by atoms with Crippen molar-refractivity contribution in [2.45, 2.75) is 20.4 Å². The highest BCUT2D eigenvalue weighted by atomic mass is 16.4. The summed E-state index contributed by atoms with van der Waals surface area (Å²) in [5.41, 5.74) is 1.16. The summed E-state index contributed by atoms with van der Waals surface area (Å²) in [5.74, 6) is -0.433. The zero-order chi connectivity index (χ0) is 15.7. The lowest BCUT2D eigenvalue weighted by atomic mass is 10.2. The predicted octanol–water partition coefficient (Wildman–Crippen LogP) is 2.57. The van der Waals surface area contributed by atoms with Crippen molar-refractivity contribution in [1.29, 1.82) is 0 Å². The Kier molecular flexibility index (Phi) is 3.50. The fraction of sp³-hybridized carbons (Fsp3) is 0.188. The Labute approximate surface area is 126 Å². The number of nitrogens with one attached hydrogen (secondary N) is 1. The van der Waals surface area contributed by atoms with E-state index in [9.17, 15) is 9.59 Å². The summed E-state index contributed by atoms with van der Waals surface area (Å²) >= 11 is 0. The van der Waals surface area contributed by atoms with Gasteiger partial charge in [-0.05, 0) is 32.0 Å². The molecule has 0 atom stereocenters. The van der Waals surface area contributed by atoms with Crippen LogP contribution in [-0.4, -0.2) is 15.7 Å². The van der Waals surface area contributed by atoms with Crippen molar-refractivity contribution >= 4 is 22.6 Å². The van der Waals surface area contributed by atoms with Crippen LogP contribution in [0.25, 0.3) is 11.0 Å². The minimum atomic E-state index is -0.585. The molecule has 112 valence electrons. The van der Waals surface area contributed by atoms with Crippen LogP contribution in [0.4, 0.5) is 5.69 Å². The first-order chi connectivity index (χ1) is 10.6. The Morgan fingerprint density at radius 3 is 2.82 bits per heavy atom. The first-order valence-corrected chi connectivity index (χ1v) is 6.97. The number of benzene rings is 1. The van der Waals surface area contributed by atoms with Crippen LogP contribution < -0.4 is 10.9 Å². The van der Waals surface area contributed by atoms with E-state index in [1.165, 1.54) is 0 Å². The average Bonchev–Trinajstić information content (AvgIpc) is 2.89. The molecule has 0 saturated carbocycles. The first kappa shape index (κ1) is 14.1. The summed E-state index contributed by atoms with van der Waals surface area (Å²) in [6.07, 6.45) is 0. The number of para-hydroxylation sites is 1. The van der Waals surface area contributed by atoms with Crippen molar-refractivity contribution in [2.75, 3.05) is 5.32 Å². The van der Waals surface area contributed by atoms with E-state index in [1.54, 1.807) is 28.9 Å². The van der Waals surface area contributed by atoms with Crippen LogP contribution >= 0.6 is 0 Å². The number of nitrogens with zero attached hydrogens (tertiary/aromatic N) is 2. The zero-order valence-electron chi connectivity index (χ0n) is 12.3. The third-order valence-corrected chi connectivity index (χ3v) is 3.40. The molecule has 0 unspecified atom stereocenters. The predicted molar refractivity (Wildman–Crippen MR) is 83.1 cm³/mol. The second-order valence-corrected chi connectivity index (χ2v) is 4.93. The van der Waals surface area contributed by atoms with E-state index in [0.29, 0.717) is 12.1 Å². The standard InChI is InChI=1S/C16H15N3O3/c1-3-19-10(2)8-12(18-19)15(20)17-13-9-11-6-4-5-7-14(11)22-16(13)21/h4-9H,3H2,1-2H3,(H,17,20). The largest absolute Gasteiger partial charge is 0.421 e. The Bertz CT molecular complexity index is 908. The monoisotopic (exact) mass is 297 g/mol. The minimum Gasteiger partial charge on any atom is -0.421 e. The lowest BCUT2D eigenvalue weighted by molar-refractivity contribution is 0.102. The third kappa shape index (κ3) is 2.50. The number of aromatic nitrogens is 2. The Hall–Kier alpha value is -2.89. The second kappa shape index (κ2) is 5.48. The van der Waals surface area contributed by atoms with Crippen molar-refractivity contribution < 1.29 is 9.21 Å². The van der Waals surface area contributed by atoms with Crippen molar-refractivity contribution in [2.24, 2.45) is 0 Å². The first-order valence-electron chi connectivity index (χ1n) is 6.97. The fourth-order valence-electron chi connectivity index (χ4n) is 2.28. The van der Waals surface area contributed by atoms with Crippen molar-refractivity contribution in [3.8, 4) is 0 Å². The molecule has 22 heavy (non-hydrogen) atoms. The number of rotatable bonds is 3. The highest BCUT2D eigenvalue weighted by Crippen LogP contribution is 2.15. The van der Waals surface area contributed by atoms with Gasteiger partial charge in [-0.25, -0.2) is 4.79 Å². The van der Waals surface area contributed by atoms with Crippen molar-refractivity contribution in [3.63, 3.8) is 0 Å². The van der Waals surface area contributed by atoms with E-state index in [4.69, 9.17) is 4.42 Å². The molecule has 0 aliphatic rings. The van der Waals surface area contributed by atoms with Crippen LogP contribution in [0, 0.1) is 6.92 Å². The Morgan fingerprint density at radius 2 is 2.09 bits per heavy atom. The zero-order valence-corrected chi connectivity index (χ0v) is 12.3. The number of fused-ring (bicyclic) bond motifs is 1. The van der Waals surface area contributed by atoms with Crippen LogP contribution in [0.5, 0.6) is 0 Å². The van der Waals surface area contributed by atoms with E-state index < -0.39 is 11.5 Å². The number of amides is 1. The van der Waals surface area contributed by atoms with Gasteiger partial charge in [-0.15, -0.1) is 0 Å². The molecule has 0 bridgehead atoms. The normalized spacial score (nSPS) is 10.8. The molecule has 3 aromatic rings. The van der Waals surface area contributed by atoms with Crippen molar-refractivity contribution in [3.05, 3.63) is 58.2 Å². The fourth-order valence-corrected chi connectivity index (χ4v) is 2.28. The van der Waals surface area contributed by atoms with E-state index >= 15 is 0 Å². The molecule has 0 aliphatic carbocycles. The maximum absolute atomic E-state index is 12.2. The van der Waals surface area contributed by atoms with Crippen LogP contribution in [-0.2, 0) is 6.54 Å². The smallest absolute Gasteiger partial charge is 0.360 e. The lowest BCUT2D eigenvalue weighted by Crippen LogP contribution is -2.18. The van der Waals surface area contributed by atoms with E-state index in [-0.39, 0.29) is 11.4 Å². The maximum atomic E-state index is 12.2. The molecule has 6 nitrogen and oxygen atoms in total. The number of anilines is 1. The molecule has 1 N–H and O–H groups in total. The molecule has 2 aromatic heterocycles. The highest BCUT2D eigenvalue weighted by molar-refractivity contribution is 6.03. The maximum Gasteiger partial charge on any atom is 0.360 e. The molecular weight excluding hydrogens is 282 g/mol. The Morgan fingerprint density at radius 1 is 1.32 bits per heavy atom. The third-order valence-electron chi connectivity index (χ3n) is 3.40. The van der Waals surface area contributed by atoms with Gasteiger partial charge in [0.25, 0.3) is 5.91 Å². The molecule has 0 saturated heterocycles. The van der Waals surface area contributed by atoms with Gasteiger partial charge in [-0.3, -0.25) is 9.48 Å². The highest BCUT2D eigenvalue weighted by Gasteiger charge is 2.14. The van der Waals surface area contributed by atoms with Gasteiger partial charge in [0.1, 0.15) is 11.3 Å². The van der Waals surface area contributed by atoms with Gasteiger partial charge in [0.05, 0.1) is 0 Å². The number of carbonyl (C=O) groups is 1. The van der Waals surface area contributed by atoms with Gasteiger partial charge in [0.2, 0.25) is 0 Å². The van der Waals surface area contributed by atoms with Crippen LogP contribution in [0.1, 0.15) is 23.1 Å². The van der Waals surface area contributed by atoms with Gasteiger partial charge in [-0.1, -0.05) is 18.2 Å². The molecule has 0 fully saturated rings. The summed E-state index contributed by atoms with van der Waals surface area (Å²) in [6, 6.07) is 10.4. The topological polar surface area (TPSA) is 77.1 Å². The molecule has 1 amide bonds. The van der Waals surface area contributed by atoms with Crippen LogP contribution in [0.2, 0.25) is 0 Å². The molecule has 0 spiro atoms. The number of hydrogen-bond donors (Lipinski definition) is 1. The second-order valence-electron chi connectivity index (χ2n) is 4.93.